The molecule has 0 heterocycles. The van der Waals surface area contributed by atoms with Crippen molar-refractivity contribution < 1.29 is 4.39 Å². The van der Waals surface area contributed by atoms with Gasteiger partial charge in [-0.3, -0.25) is 0 Å². The summed E-state index contributed by atoms with van der Waals surface area (Å²) in [6.45, 7) is 6.19. The summed E-state index contributed by atoms with van der Waals surface area (Å²) in [5.74, 6) is 0.428. The molecule has 2 unspecified atom stereocenters. The first-order chi connectivity index (χ1) is 7.10. The van der Waals surface area contributed by atoms with Crippen LogP contribution >= 0.6 is 0 Å². The van der Waals surface area contributed by atoms with Gasteiger partial charge >= 0.3 is 0 Å². The maximum absolute atomic E-state index is 13.1. The highest BCUT2D eigenvalue weighted by atomic mass is 19.1. The van der Waals surface area contributed by atoms with E-state index in [1.54, 1.807) is 6.07 Å². The number of nitrogens with one attached hydrogen (secondary N) is 1. The molecule has 0 amide bonds. The van der Waals surface area contributed by atoms with Gasteiger partial charge in [0.25, 0.3) is 0 Å². The molecule has 15 heavy (non-hydrogen) atoms. The van der Waals surface area contributed by atoms with Crippen LogP contribution in [0.4, 0.5) is 4.39 Å². The second kappa shape index (κ2) is 5.26. The minimum absolute atomic E-state index is 0.127. The third-order valence-electron chi connectivity index (χ3n) is 3.07. The summed E-state index contributed by atoms with van der Waals surface area (Å²) < 4.78 is 13.1. The molecule has 1 N–H and O–H groups in total. The largest absolute Gasteiger partial charge is 0.313 e. The zero-order valence-electron chi connectivity index (χ0n) is 9.97. The molecule has 0 aromatic heterocycles. The first-order valence-corrected chi connectivity index (χ1v) is 5.53. The van der Waals surface area contributed by atoms with Crippen LogP contribution in [0.15, 0.2) is 18.2 Å². The van der Waals surface area contributed by atoms with E-state index in [4.69, 9.17) is 0 Å². The van der Waals surface area contributed by atoms with Gasteiger partial charge in [0, 0.05) is 6.04 Å². The highest BCUT2D eigenvalue weighted by molar-refractivity contribution is 5.26. The Bertz CT molecular complexity index is 322. The third kappa shape index (κ3) is 2.78. The Labute approximate surface area is 91.7 Å². The van der Waals surface area contributed by atoms with E-state index in [-0.39, 0.29) is 5.82 Å². The number of aryl methyl sites for hydroxylation is 1. The summed E-state index contributed by atoms with van der Waals surface area (Å²) in [7, 11) is 1.95. The van der Waals surface area contributed by atoms with Crippen LogP contribution in [0.25, 0.3) is 0 Å². The molecule has 0 saturated carbocycles. The molecule has 1 rings (SSSR count). The zero-order valence-corrected chi connectivity index (χ0v) is 9.97. The lowest BCUT2D eigenvalue weighted by Crippen LogP contribution is -2.23. The van der Waals surface area contributed by atoms with E-state index in [1.165, 1.54) is 5.56 Å². The predicted octanol–water partition coefficient (Wildman–Crippen LogP) is 3.44. The Hall–Kier alpha value is -0.890. The summed E-state index contributed by atoms with van der Waals surface area (Å²) in [5.41, 5.74) is 1.89. The molecular weight excluding hydrogens is 189 g/mol. The first kappa shape index (κ1) is 12.2. The fourth-order valence-electron chi connectivity index (χ4n) is 1.88. The van der Waals surface area contributed by atoms with E-state index < -0.39 is 0 Å². The fourth-order valence-corrected chi connectivity index (χ4v) is 1.88. The lowest BCUT2D eigenvalue weighted by molar-refractivity contribution is 0.400. The van der Waals surface area contributed by atoms with E-state index in [0.29, 0.717) is 12.0 Å². The maximum atomic E-state index is 13.1. The van der Waals surface area contributed by atoms with Crippen molar-refractivity contribution in [2.75, 3.05) is 7.05 Å². The molecule has 2 atom stereocenters. The van der Waals surface area contributed by atoms with Crippen LogP contribution in [0.3, 0.4) is 0 Å². The van der Waals surface area contributed by atoms with Crippen molar-refractivity contribution in [2.24, 2.45) is 5.92 Å². The van der Waals surface area contributed by atoms with Gasteiger partial charge in [0.1, 0.15) is 5.82 Å². The number of rotatable bonds is 4. The van der Waals surface area contributed by atoms with Gasteiger partial charge in [0.15, 0.2) is 0 Å². The Balaban J connectivity index is 2.97. The monoisotopic (exact) mass is 209 g/mol. The topological polar surface area (TPSA) is 12.0 Å². The lowest BCUT2D eigenvalue weighted by atomic mass is 9.92. The molecule has 84 valence electrons. The molecule has 0 saturated heterocycles. The van der Waals surface area contributed by atoms with Crippen molar-refractivity contribution in [3.05, 3.63) is 35.1 Å². The third-order valence-corrected chi connectivity index (χ3v) is 3.07. The van der Waals surface area contributed by atoms with E-state index in [9.17, 15) is 4.39 Å². The van der Waals surface area contributed by atoms with E-state index in [1.807, 2.05) is 26.1 Å². The molecule has 0 aliphatic heterocycles. The van der Waals surface area contributed by atoms with Crippen LogP contribution < -0.4 is 5.32 Å². The summed E-state index contributed by atoms with van der Waals surface area (Å²) >= 11 is 0. The summed E-state index contributed by atoms with van der Waals surface area (Å²) in [6, 6.07) is 5.67. The van der Waals surface area contributed by atoms with Gasteiger partial charge in [-0.25, -0.2) is 4.39 Å². The predicted molar refractivity (Wildman–Crippen MR) is 62.4 cm³/mol. The average Bonchev–Trinajstić information content (AvgIpc) is 2.24. The first-order valence-electron chi connectivity index (χ1n) is 5.53. The highest BCUT2D eigenvalue weighted by Crippen LogP contribution is 2.25. The smallest absolute Gasteiger partial charge is 0.126 e. The average molecular weight is 209 g/mol. The van der Waals surface area contributed by atoms with E-state index >= 15 is 0 Å². The lowest BCUT2D eigenvalue weighted by Gasteiger charge is -2.23. The molecule has 1 nitrogen and oxygen atoms in total. The minimum Gasteiger partial charge on any atom is -0.313 e. The molecule has 2 heteroatoms. The van der Waals surface area contributed by atoms with Crippen molar-refractivity contribution in [3.63, 3.8) is 0 Å². The van der Waals surface area contributed by atoms with Gasteiger partial charge < -0.3 is 5.32 Å². The van der Waals surface area contributed by atoms with Gasteiger partial charge in [-0.15, -0.1) is 0 Å². The molecule has 0 aliphatic carbocycles. The zero-order chi connectivity index (χ0) is 11.4. The molecular formula is C13H20FN. The van der Waals surface area contributed by atoms with Gasteiger partial charge in [-0.05, 0) is 37.1 Å². The summed E-state index contributed by atoms with van der Waals surface area (Å²) in [6.07, 6.45) is 1.11. The summed E-state index contributed by atoms with van der Waals surface area (Å²) in [4.78, 5) is 0. The quantitative estimate of drug-likeness (QED) is 0.801. The fraction of sp³-hybridized carbons (Fsp3) is 0.538. The SMILES string of the molecule is CCC(C)C(NC)c1ccc(F)c(C)c1. The van der Waals surface area contributed by atoms with Crippen molar-refractivity contribution in [1.82, 2.24) is 5.32 Å². The number of halogens is 1. The van der Waals surface area contributed by atoms with Crippen molar-refractivity contribution in [3.8, 4) is 0 Å². The molecule has 0 fully saturated rings. The molecule has 1 aromatic carbocycles. The highest BCUT2D eigenvalue weighted by Gasteiger charge is 2.16. The van der Waals surface area contributed by atoms with Crippen molar-refractivity contribution in [1.29, 1.82) is 0 Å². The van der Waals surface area contributed by atoms with Crippen LogP contribution in [-0.2, 0) is 0 Å². The van der Waals surface area contributed by atoms with Crippen LogP contribution in [0.1, 0.15) is 37.4 Å². The standard InChI is InChI=1S/C13H20FN/c1-5-9(2)13(15-4)11-6-7-12(14)10(3)8-11/h6-9,13,15H,5H2,1-4H3. The Morgan fingerprint density at radius 2 is 2.07 bits per heavy atom. The Morgan fingerprint density at radius 1 is 1.40 bits per heavy atom. The van der Waals surface area contributed by atoms with E-state index in [0.717, 1.165) is 12.0 Å². The van der Waals surface area contributed by atoms with Crippen LogP contribution in [0.5, 0.6) is 0 Å². The number of hydrogen-bond acceptors (Lipinski definition) is 1. The van der Waals surface area contributed by atoms with Crippen LogP contribution in [0.2, 0.25) is 0 Å². The van der Waals surface area contributed by atoms with Gasteiger partial charge in [0.05, 0.1) is 0 Å². The Kier molecular flexibility index (Phi) is 4.28. The second-order valence-corrected chi connectivity index (χ2v) is 4.16. The summed E-state index contributed by atoms with van der Waals surface area (Å²) in [5, 5.41) is 3.29. The molecule has 0 spiro atoms. The van der Waals surface area contributed by atoms with Gasteiger partial charge in [-0.1, -0.05) is 32.4 Å². The van der Waals surface area contributed by atoms with Crippen LogP contribution in [0, 0.1) is 18.7 Å². The van der Waals surface area contributed by atoms with Gasteiger partial charge in [-0.2, -0.15) is 0 Å². The maximum Gasteiger partial charge on any atom is 0.126 e. The Morgan fingerprint density at radius 3 is 2.53 bits per heavy atom. The van der Waals surface area contributed by atoms with Crippen LogP contribution in [-0.4, -0.2) is 7.05 Å². The van der Waals surface area contributed by atoms with Crippen molar-refractivity contribution >= 4 is 0 Å². The van der Waals surface area contributed by atoms with E-state index in [2.05, 4.69) is 19.2 Å². The van der Waals surface area contributed by atoms with Gasteiger partial charge in [0.2, 0.25) is 0 Å². The molecule has 1 aromatic rings. The normalized spacial score (nSPS) is 15.0. The number of benzene rings is 1. The molecule has 0 bridgehead atoms. The number of hydrogen-bond donors (Lipinski definition) is 1. The van der Waals surface area contributed by atoms with Crippen molar-refractivity contribution in [2.45, 2.75) is 33.2 Å². The molecule has 0 aliphatic rings. The minimum atomic E-state index is -0.127. The molecule has 0 radical (unpaired) electrons. The second-order valence-electron chi connectivity index (χ2n) is 4.16.